The van der Waals surface area contributed by atoms with Crippen molar-refractivity contribution < 1.29 is 10.0 Å². The summed E-state index contributed by atoms with van der Waals surface area (Å²) in [6.45, 7) is 0. The van der Waals surface area contributed by atoms with Gasteiger partial charge >= 0.3 is 0 Å². The maximum atomic E-state index is 11.0. The standard InChI is InChI=1S/C11H8BrN3O2S/c12-7-3-1-6(2-4-7)8-5-18-11(14-8)9(15-17)10(13)16/h1-5,17H,(H2,13,16). The Balaban J connectivity index is 2.36. The van der Waals surface area contributed by atoms with Crippen LogP contribution in [0.15, 0.2) is 39.3 Å². The van der Waals surface area contributed by atoms with Gasteiger partial charge in [0.05, 0.1) is 5.69 Å². The highest BCUT2D eigenvalue weighted by atomic mass is 79.9. The van der Waals surface area contributed by atoms with E-state index in [1.54, 1.807) is 5.38 Å². The highest BCUT2D eigenvalue weighted by Gasteiger charge is 2.16. The Morgan fingerprint density at radius 3 is 2.61 bits per heavy atom. The number of primary amides is 1. The molecule has 0 spiro atoms. The lowest BCUT2D eigenvalue weighted by Crippen LogP contribution is -2.24. The lowest BCUT2D eigenvalue weighted by atomic mass is 10.2. The van der Waals surface area contributed by atoms with Gasteiger partial charge in [-0.3, -0.25) is 4.79 Å². The lowest BCUT2D eigenvalue weighted by Gasteiger charge is -1.96. The fraction of sp³-hybridized carbons (Fsp3) is 0. The Labute approximate surface area is 115 Å². The monoisotopic (exact) mass is 325 g/mol. The first-order valence-corrected chi connectivity index (χ1v) is 6.53. The third kappa shape index (κ3) is 2.57. The zero-order valence-corrected chi connectivity index (χ0v) is 11.4. The van der Waals surface area contributed by atoms with E-state index in [-0.39, 0.29) is 5.71 Å². The molecule has 0 unspecified atom stereocenters. The Kier molecular flexibility index (Phi) is 3.73. The molecule has 18 heavy (non-hydrogen) atoms. The molecule has 2 aromatic rings. The molecule has 0 atom stereocenters. The van der Waals surface area contributed by atoms with Crippen molar-refractivity contribution in [3.05, 3.63) is 39.1 Å². The molecule has 1 aromatic carbocycles. The van der Waals surface area contributed by atoms with Crippen LogP contribution in [0, 0.1) is 0 Å². The number of hydrogen-bond acceptors (Lipinski definition) is 5. The molecule has 0 saturated carbocycles. The van der Waals surface area contributed by atoms with Crippen molar-refractivity contribution in [3.8, 4) is 11.3 Å². The smallest absolute Gasteiger partial charge is 0.273 e. The predicted molar refractivity (Wildman–Crippen MR) is 72.8 cm³/mol. The quantitative estimate of drug-likeness (QED) is 0.515. The van der Waals surface area contributed by atoms with Crippen LogP contribution in [-0.4, -0.2) is 21.8 Å². The summed E-state index contributed by atoms with van der Waals surface area (Å²) in [6, 6.07) is 7.57. The molecule has 0 aliphatic carbocycles. The molecule has 0 aliphatic heterocycles. The normalized spacial score (nSPS) is 11.5. The molecular formula is C11H8BrN3O2S. The molecule has 0 saturated heterocycles. The van der Waals surface area contributed by atoms with E-state index in [2.05, 4.69) is 26.1 Å². The van der Waals surface area contributed by atoms with Crippen LogP contribution in [0.3, 0.4) is 0 Å². The molecule has 5 nitrogen and oxygen atoms in total. The minimum absolute atomic E-state index is 0.233. The van der Waals surface area contributed by atoms with Crippen molar-refractivity contribution >= 4 is 38.9 Å². The topological polar surface area (TPSA) is 88.6 Å². The molecule has 0 fully saturated rings. The number of carbonyl (C=O) groups excluding carboxylic acids is 1. The van der Waals surface area contributed by atoms with E-state index in [9.17, 15) is 4.79 Å². The molecular weight excluding hydrogens is 318 g/mol. The average molecular weight is 326 g/mol. The van der Waals surface area contributed by atoms with Crippen molar-refractivity contribution in [3.63, 3.8) is 0 Å². The van der Waals surface area contributed by atoms with Crippen LogP contribution in [0.1, 0.15) is 5.01 Å². The van der Waals surface area contributed by atoms with Gasteiger partial charge in [0.25, 0.3) is 5.91 Å². The first-order valence-electron chi connectivity index (χ1n) is 4.85. The second-order valence-electron chi connectivity index (χ2n) is 3.36. The number of nitrogens with zero attached hydrogens (tertiary/aromatic N) is 2. The molecule has 0 radical (unpaired) electrons. The van der Waals surface area contributed by atoms with Gasteiger partial charge in [-0.1, -0.05) is 33.2 Å². The van der Waals surface area contributed by atoms with E-state index in [4.69, 9.17) is 10.9 Å². The summed E-state index contributed by atoms with van der Waals surface area (Å²) >= 11 is 4.54. The molecule has 1 heterocycles. The Bertz CT molecular complexity index is 607. The molecule has 3 N–H and O–H groups in total. The van der Waals surface area contributed by atoms with Crippen LogP contribution < -0.4 is 5.73 Å². The van der Waals surface area contributed by atoms with Gasteiger partial charge in [-0.2, -0.15) is 0 Å². The Morgan fingerprint density at radius 2 is 2.06 bits per heavy atom. The van der Waals surface area contributed by atoms with E-state index >= 15 is 0 Å². The van der Waals surface area contributed by atoms with Crippen molar-refractivity contribution in [2.45, 2.75) is 0 Å². The van der Waals surface area contributed by atoms with Crippen LogP contribution in [0.25, 0.3) is 11.3 Å². The van der Waals surface area contributed by atoms with Gasteiger partial charge in [-0.25, -0.2) is 4.98 Å². The summed E-state index contributed by atoms with van der Waals surface area (Å²) < 4.78 is 0.969. The van der Waals surface area contributed by atoms with Gasteiger partial charge in [-0.05, 0) is 12.1 Å². The van der Waals surface area contributed by atoms with Gasteiger partial charge in [0.15, 0.2) is 5.01 Å². The number of rotatable bonds is 3. The van der Waals surface area contributed by atoms with Gasteiger partial charge in [0.1, 0.15) is 0 Å². The van der Waals surface area contributed by atoms with Crippen LogP contribution in [-0.2, 0) is 4.79 Å². The van der Waals surface area contributed by atoms with Crippen LogP contribution in [0.5, 0.6) is 0 Å². The Morgan fingerprint density at radius 1 is 1.39 bits per heavy atom. The maximum Gasteiger partial charge on any atom is 0.273 e. The van der Waals surface area contributed by atoms with Crippen LogP contribution >= 0.6 is 27.3 Å². The molecule has 1 aromatic heterocycles. The van der Waals surface area contributed by atoms with Crippen molar-refractivity contribution in [1.82, 2.24) is 4.98 Å². The second kappa shape index (κ2) is 5.28. The number of benzene rings is 1. The number of nitrogens with two attached hydrogens (primary N) is 1. The van der Waals surface area contributed by atoms with Crippen molar-refractivity contribution in [2.24, 2.45) is 10.9 Å². The third-order valence-electron chi connectivity index (χ3n) is 2.18. The van der Waals surface area contributed by atoms with Crippen LogP contribution in [0.2, 0.25) is 0 Å². The van der Waals surface area contributed by atoms with Crippen molar-refractivity contribution in [1.29, 1.82) is 0 Å². The molecule has 0 aliphatic rings. The number of aromatic nitrogens is 1. The third-order valence-corrected chi connectivity index (χ3v) is 3.56. The van der Waals surface area contributed by atoms with E-state index in [1.807, 2.05) is 24.3 Å². The van der Waals surface area contributed by atoms with Gasteiger partial charge < -0.3 is 10.9 Å². The summed E-state index contributed by atoms with van der Waals surface area (Å²) in [5.41, 5.74) is 6.45. The Hall–Kier alpha value is -1.73. The minimum atomic E-state index is -0.811. The summed E-state index contributed by atoms with van der Waals surface area (Å²) in [7, 11) is 0. The summed E-state index contributed by atoms with van der Waals surface area (Å²) in [4.78, 5) is 15.2. The molecule has 7 heteroatoms. The summed E-state index contributed by atoms with van der Waals surface area (Å²) in [5, 5.41) is 13.6. The lowest BCUT2D eigenvalue weighted by molar-refractivity contribution is -0.112. The number of oxime groups is 1. The zero-order chi connectivity index (χ0) is 13.1. The highest BCUT2D eigenvalue weighted by molar-refractivity contribution is 9.10. The fourth-order valence-electron chi connectivity index (χ4n) is 1.33. The van der Waals surface area contributed by atoms with Crippen molar-refractivity contribution in [2.75, 3.05) is 0 Å². The second-order valence-corrected chi connectivity index (χ2v) is 5.13. The minimum Gasteiger partial charge on any atom is -0.410 e. The van der Waals surface area contributed by atoms with E-state index in [0.717, 1.165) is 10.0 Å². The number of carbonyl (C=O) groups is 1. The number of thiazole rings is 1. The highest BCUT2D eigenvalue weighted by Crippen LogP contribution is 2.23. The molecule has 1 amide bonds. The van der Waals surface area contributed by atoms with Crippen LogP contribution in [0.4, 0.5) is 0 Å². The summed E-state index contributed by atoms with van der Waals surface area (Å²) in [6.07, 6.45) is 0. The number of hydrogen-bond donors (Lipinski definition) is 2. The molecule has 0 bridgehead atoms. The number of amides is 1. The van der Waals surface area contributed by atoms with E-state index in [1.165, 1.54) is 11.3 Å². The first-order chi connectivity index (χ1) is 8.61. The predicted octanol–water partition coefficient (Wildman–Crippen LogP) is 2.24. The molecule has 2 rings (SSSR count). The maximum absolute atomic E-state index is 11.0. The summed E-state index contributed by atoms with van der Waals surface area (Å²) in [5.74, 6) is -0.811. The van der Waals surface area contributed by atoms with Gasteiger partial charge in [0.2, 0.25) is 5.71 Å². The fourth-order valence-corrected chi connectivity index (χ4v) is 2.41. The largest absolute Gasteiger partial charge is 0.410 e. The first kappa shape index (κ1) is 12.7. The average Bonchev–Trinajstić information content (AvgIpc) is 2.80. The van der Waals surface area contributed by atoms with E-state index in [0.29, 0.717) is 10.7 Å². The van der Waals surface area contributed by atoms with Gasteiger partial charge in [0, 0.05) is 15.4 Å². The number of halogens is 1. The van der Waals surface area contributed by atoms with E-state index < -0.39 is 5.91 Å². The van der Waals surface area contributed by atoms with Gasteiger partial charge in [-0.15, -0.1) is 11.3 Å². The SMILES string of the molecule is NC(=O)C(=NO)c1nc(-c2ccc(Br)cc2)cs1. The molecule has 92 valence electrons. The zero-order valence-electron chi connectivity index (χ0n) is 9.00.